The summed E-state index contributed by atoms with van der Waals surface area (Å²) >= 11 is 0. The third-order valence-corrected chi connectivity index (χ3v) is 2.65. The molecule has 0 heterocycles. The SMILES string of the molecule is C/C(=C\NC(=O)NC(CC(C)C)C(=O)O)C(C)C. The number of rotatable bonds is 6. The molecule has 2 amide bonds. The summed E-state index contributed by atoms with van der Waals surface area (Å²) < 4.78 is 0. The zero-order chi connectivity index (χ0) is 14.3. The molecule has 0 aliphatic carbocycles. The molecule has 0 saturated heterocycles. The molecule has 5 heteroatoms. The molecule has 0 fully saturated rings. The highest BCUT2D eigenvalue weighted by molar-refractivity contribution is 5.82. The van der Waals surface area contributed by atoms with E-state index in [-0.39, 0.29) is 5.92 Å². The fourth-order valence-corrected chi connectivity index (χ4v) is 1.24. The maximum absolute atomic E-state index is 11.5. The minimum Gasteiger partial charge on any atom is -0.480 e. The number of amides is 2. The summed E-state index contributed by atoms with van der Waals surface area (Å²) in [5.74, 6) is -0.459. The van der Waals surface area contributed by atoms with Gasteiger partial charge in [-0.05, 0) is 25.2 Å². The van der Waals surface area contributed by atoms with Gasteiger partial charge in [-0.15, -0.1) is 0 Å². The summed E-state index contributed by atoms with van der Waals surface area (Å²) in [6.45, 7) is 9.78. The van der Waals surface area contributed by atoms with Crippen LogP contribution in [-0.4, -0.2) is 23.1 Å². The number of hydrogen-bond acceptors (Lipinski definition) is 2. The number of aliphatic carboxylic acids is 1. The van der Waals surface area contributed by atoms with Gasteiger partial charge in [0.05, 0.1) is 0 Å². The van der Waals surface area contributed by atoms with E-state index in [4.69, 9.17) is 5.11 Å². The predicted molar refractivity (Wildman–Crippen MR) is 71.1 cm³/mol. The lowest BCUT2D eigenvalue weighted by molar-refractivity contribution is -0.139. The second-order valence-electron chi connectivity index (χ2n) is 5.18. The van der Waals surface area contributed by atoms with Crippen LogP contribution in [0.15, 0.2) is 11.8 Å². The summed E-state index contributed by atoms with van der Waals surface area (Å²) in [7, 11) is 0. The van der Waals surface area contributed by atoms with Crippen LogP contribution < -0.4 is 10.6 Å². The highest BCUT2D eigenvalue weighted by Crippen LogP contribution is 2.06. The van der Waals surface area contributed by atoms with E-state index in [9.17, 15) is 9.59 Å². The Kier molecular flexibility index (Phi) is 7.08. The second kappa shape index (κ2) is 7.74. The first-order valence-corrected chi connectivity index (χ1v) is 6.20. The summed E-state index contributed by atoms with van der Waals surface area (Å²) in [6, 6.07) is -1.33. The lowest BCUT2D eigenvalue weighted by atomic mass is 10.0. The minimum absolute atomic E-state index is 0.208. The van der Waals surface area contributed by atoms with Gasteiger partial charge in [0.25, 0.3) is 0 Å². The van der Waals surface area contributed by atoms with Crippen molar-refractivity contribution in [2.24, 2.45) is 11.8 Å². The average molecular weight is 256 g/mol. The fraction of sp³-hybridized carbons (Fsp3) is 0.692. The van der Waals surface area contributed by atoms with Crippen molar-refractivity contribution < 1.29 is 14.7 Å². The Morgan fingerprint density at radius 3 is 2.17 bits per heavy atom. The van der Waals surface area contributed by atoms with Crippen LogP contribution in [0.5, 0.6) is 0 Å². The lowest BCUT2D eigenvalue weighted by Crippen LogP contribution is -2.45. The Balaban J connectivity index is 4.35. The molecule has 5 nitrogen and oxygen atoms in total. The van der Waals surface area contributed by atoms with Gasteiger partial charge in [0, 0.05) is 6.20 Å². The Labute approximate surface area is 109 Å². The van der Waals surface area contributed by atoms with Crippen molar-refractivity contribution >= 4 is 12.0 Å². The molecular weight excluding hydrogens is 232 g/mol. The molecule has 0 bridgehead atoms. The lowest BCUT2D eigenvalue weighted by Gasteiger charge is -2.16. The Hall–Kier alpha value is -1.52. The van der Waals surface area contributed by atoms with Gasteiger partial charge in [0.2, 0.25) is 0 Å². The Morgan fingerprint density at radius 1 is 1.22 bits per heavy atom. The summed E-state index contributed by atoms with van der Waals surface area (Å²) in [5, 5.41) is 14.0. The van der Waals surface area contributed by atoms with Crippen molar-refractivity contribution in [2.45, 2.75) is 47.1 Å². The molecule has 0 spiro atoms. The first-order valence-electron chi connectivity index (χ1n) is 6.20. The van der Waals surface area contributed by atoms with Crippen molar-refractivity contribution in [3.05, 3.63) is 11.8 Å². The van der Waals surface area contributed by atoms with Crippen LogP contribution in [0.25, 0.3) is 0 Å². The van der Waals surface area contributed by atoms with E-state index in [1.807, 2.05) is 34.6 Å². The first kappa shape index (κ1) is 16.5. The summed E-state index contributed by atoms with van der Waals surface area (Å²) in [5.41, 5.74) is 1.03. The quantitative estimate of drug-likeness (QED) is 0.682. The molecule has 0 saturated carbocycles. The number of allylic oxidation sites excluding steroid dienone is 1. The monoisotopic (exact) mass is 256 g/mol. The standard InChI is InChI=1S/C13H24N2O3/c1-8(2)6-11(12(16)17)15-13(18)14-7-10(5)9(3)4/h7-9,11H,6H2,1-5H3,(H,16,17)(H2,14,15,18)/b10-7+. The van der Waals surface area contributed by atoms with E-state index >= 15 is 0 Å². The van der Waals surface area contributed by atoms with Gasteiger partial charge in [-0.1, -0.05) is 33.3 Å². The number of carbonyl (C=O) groups is 2. The molecule has 0 aromatic carbocycles. The van der Waals surface area contributed by atoms with Gasteiger partial charge in [0.15, 0.2) is 0 Å². The van der Waals surface area contributed by atoms with Gasteiger partial charge in [0.1, 0.15) is 6.04 Å². The molecule has 0 aliphatic heterocycles. The van der Waals surface area contributed by atoms with E-state index in [1.54, 1.807) is 6.20 Å². The molecule has 104 valence electrons. The van der Waals surface area contributed by atoms with Gasteiger partial charge in [-0.25, -0.2) is 9.59 Å². The van der Waals surface area contributed by atoms with Crippen molar-refractivity contribution in [3.8, 4) is 0 Å². The maximum Gasteiger partial charge on any atom is 0.326 e. The van der Waals surface area contributed by atoms with Crippen molar-refractivity contribution in [2.75, 3.05) is 0 Å². The fourth-order valence-electron chi connectivity index (χ4n) is 1.24. The molecule has 3 N–H and O–H groups in total. The van der Waals surface area contributed by atoms with E-state index in [1.165, 1.54) is 0 Å². The molecule has 18 heavy (non-hydrogen) atoms. The van der Waals surface area contributed by atoms with Gasteiger partial charge >= 0.3 is 12.0 Å². The highest BCUT2D eigenvalue weighted by Gasteiger charge is 2.20. The van der Waals surface area contributed by atoms with E-state index in [0.29, 0.717) is 12.3 Å². The number of hydrogen-bond donors (Lipinski definition) is 3. The molecule has 1 atom stereocenters. The molecule has 0 aromatic rings. The molecular formula is C13H24N2O3. The van der Waals surface area contributed by atoms with Gasteiger partial charge in [-0.2, -0.15) is 0 Å². The smallest absolute Gasteiger partial charge is 0.326 e. The van der Waals surface area contributed by atoms with Crippen LogP contribution in [0.2, 0.25) is 0 Å². The molecule has 0 radical (unpaired) electrons. The highest BCUT2D eigenvalue weighted by atomic mass is 16.4. The second-order valence-corrected chi connectivity index (χ2v) is 5.18. The van der Waals surface area contributed by atoms with Crippen LogP contribution in [0, 0.1) is 11.8 Å². The van der Waals surface area contributed by atoms with Crippen LogP contribution >= 0.6 is 0 Å². The van der Waals surface area contributed by atoms with Crippen LogP contribution in [0.1, 0.15) is 41.0 Å². The minimum atomic E-state index is -1.01. The zero-order valence-electron chi connectivity index (χ0n) is 11.8. The number of carbonyl (C=O) groups excluding carboxylic acids is 1. The van der Waals surface area contributed by atoms with Gasteiger partial charge in [-0.3, -0.25) is 0 Å². The van der Waals surface area contributed by atoms with E-state index in [2.05, 4.69) is 10.6 Å². The molecule has 0 rings (SSSR count). The maximum atomic E-state index is 11.5. The molecule has 0 aromatic heterocycles. The van der Waals surface area contributed by atoms with Crippen LogP contribution in [-0.2, 0) is 4.79 Å². The number of nitrogens with one attached hydrogen (secondary N) is 2. The van der Waals surface area contributed by atoms with Crippen molar-refractivity contribution in [1.29, 1.82) is 0 Å². The summed E-state index contributed by atoms with van der Waals surface area (Å²) in [6.07, 6.45) is 2.02. The third kappa shape index (κ3) is 6.93. The number of urea groups is 1. The number of carboxylic acid groups (broad SMARTS) is 1. The van der Waals surface area contributed by atoms with E-state index in [0.717, 1.165) is 5.57 Å². The van der Waals surface area contributed by atoms with Crippen LogP contribution in [0.4, 0.5) is 4.79 Å². The van der Waals surface area contributed by atoms with E-state index < -0.39 is 18.0 Å². The average Bonchev–Trinajstić information content (AvgIpc) is 2.23. The van der Waals surface area contributed by atoms with Gasteiger partial charge < -0.3 is 15.7 Å². The summed E-state index contributed by atoms with van der Waals surface area (Å²) in [4.78, 5) is 22.5. The first-order chi connectivity index (χ1) is 8.23. The Morgan fingerprint density at radius 2 is 1.78 bits per heavy atom. The van der Waals surface area contributed by atoms with Crippen LogP contribution in [0.3, 0.4) is 0 Å². The normalized spacial score (nSPS) is 13.6. The van der Waals surface area contributed by atoms with Crippen molar-refractivity contribution in [3.63, 3.8) is 0 Å². The number of carboxylic acids is 1. The third-order valence-electron chi connectivity index (χ3n) is 2.65. The molecule has 1 unspecified atom stereocenters. The largest absolute Gasteiger partial charge is 0.480 e. The Bertz CT molecular complexity index is 322. The molecule has 0 aliphatic rings. The zero-order valence-corrected chi connectivity index (χ0v) is 11.8. The van der Waals surface area contributed by atoms with Crippen molar-refractivity contribution in [1.82, 2.24) is 10.6 Å². The topological polar surface area (TPSA) is 78.4 Å². The predicted octanol–water partition coefficient (Wildman–Crippen LogP) is 2.34.